The summed E-state index contributed by atoms with van der Waals surface area (Å²) in [5, 5.41) is 9.74. The molecule has 0 saturated carbocycles. The van der Waals surface area contributed by atoms with Gasteiger partial charge in [-0.3, -0.25) is 14.4 Å². The number of aryl methyl sites for hydroxylation is 1. The highest BCUT2D eigenvalue weighted by molar-refractivity contribution is 8.02. The summed E-state index contributed by atoms with van der Waals surface area (Å²) < 4.78 is 4.48. The average Bonchev–Trinajstić information content (AvgIpc) is 3.48. The van der Waals surface area contributed by atoms with E-state index in [1.54, 1.807) is 39.8 Å². The molecule has 1 aromatic rings. The van der Waals surface area contributed by atoms with Crippen molar-refractivity contribution in [2.75, 3.05) is 31.2 Å². The summed E-state index contributed by atoms with van der Waals surface area (Å²) in [5.41, 5.74) is 1.47. The molecule has 3 heterocycles. The van der Waals surface area contributed by atoms with E-state index in [-0.39, 0.29) is 37.5 Å². The Kier molecular flexibility index (Phi) is 9.74. The molecule has 2 unspecified atom stereocenters. The Labute approximate surface area is 246 Å². The Morgan fingerprint density at radius 1 is 1.23 bits per heavy atom. The maximum absolute atomic E-state index is 14.7. The maximum atomic E-state index is 14.7. The van der Waals surface area contributed by atoms with Crippen LogP contribution in [0.5, 0.6) is 0 Å². The number of allylic oxidation sites excluding steroid dienone is 1. The normalized spacial score (nSPS) is 28.4. The van der Waals surface area contributed by atoms with Gasteiger partial charge in [-0.2, -0.15) is 0 Å². The lowest BCUT2D eigenvalue weighted by molar-refractivity contribution is -0.155. The van der Waals surface area contributed by atoms with Crippen LogP contribution in [0.1, 0.15) is 57.4 Å². The number of halogens is 1. The van der Waals surface area contributed by atoms with Gasteiger partial charge >= 0.3 is 5.97 Å². The number of amides is 2. The van der Waals surface area contributed by atoms with Crippen molar-refractivity contribution in [1.29, 1.82) is 0 Å². The van der Waals surface area contributed by atoms with E-state index in [9.17, 15) is 19.5 Å². The number of thioether (sulfide) groups is 1. The quantitative estimate of drug-likeness (QED) is 0.180. The van der Waals surface area contributed by atoms with E-state index in [0.29, 0.717) is 42.9 Å². The molecule has 2 amide bonds. The summed E-state index contributed by atoms with van der Waals surface area (Å²) in [5.74, 6) is -1.95. The van der Waals surface area contributed by atoms with Gasteiger partial charge < -0.3 is 19.6 Å². The molecule has 7 nitrogen and oxygen atoms in total. The Balaban J connectivity index is 1.74. The molecule has 3 aliphatic heterocycles. The molecule has 4 rings (SSSR count). The lowest BCUT2D eigenvalue weighted by atomic mass is 9.66. The zero-order valence-electron chi connectivity index (χ0n) is 23.6. The van der Waals surface area contributed by atoms with Crippen molar-refractivity contribution in [1.82, 2.24) is 4.90 Å². The first-order valence-electron chi connectivity index (χ1n) is 14.2. The fourth-order valence-corrected chi connectivity index (χ4v) is 9.56. The summed E-state index contributed by atoms with van der Waals surface area (Å²) >= 11 is 8.27. The highest BCUT2D eigenvalue weighted by Gasteiger charge is 2.77. The van der Waals surface area contributed by atoms with Crippen LogP contribution in [0, 0.1) is 18.8 Å². The topological polar surface area (TPSA) is 87.1 Å². The number of carbonyl (C=O) groups excluding carboxylic acids is 3. The first-order chi connectivity index (χ1) is 19.2. The van der Waals surface area contributed by atoms with E-state index in [1.165, 1.54) is 0 Å². The van der Waals surface area contributed by atoms with Crippen molar-refractivity contribution in [3.8, 4) is 0 Å². The van der Waals surface area contributed by atoms with Gasteiger partial charge in [-0.05, 0) is 70.4 Å². The van der Waals surface area contributed by atoms with Crippen LogP contribution < -0.4 is 4.90 Å². The van der Waals surface area contributed by atoms with Crippen LogP contribution in [0.15, 0.2) is 43.5 Å². The van der Waals surface area contributed by atoms with Crippen LogP contribution in [0.25, 0.3) is 0 Å². The van der Waals surface area contributed by atoms with Crippen LogP contribution in [0.4, 0.5) is 5.69 Å². The number of esters is 1. The molecule has 40 heavy (non-hydrogen) atoms. The Morgan fingerprint density at radius 2 is 2.00 bits per heavy atom. The molecule has 5 atom stereocenters. The summed E-state index contributed by atoms with van der Waals surface area (Å²) in [7, 11) is 0. The number of unbranched alkanes of at least 4 members (excludes halogenated alkanes) is 3. The second-order valence-electron chi connectivity index (χ2n) is 11.3. The Bertz CT molecular complexity index is 1140. The number of benzene rings is 1. The highest BCUT2D eigenvalue weighted by Crippen LogP contribution is 2.71. The van der Waals surface area contributed by atoms with Gasteiger partial charge in [0.25, 0.3) is 5.91 Å². The predicted molar refractivity (Wildman–Crippen MR) is 161 cm³/mol. The molecule has 9 heteroatoms. The SMILES string of the molecule is C=CCCCOC(=O)[C@@H]1[C@H]2C(=O)N(CCCCCO)C(C(=O)N(CC=C)c3c(C)cccc3Cl)C23CC[C@@]1(C)S3. The summed E-state index contributed by atoms with van der Waals surface area (Å²) in [4.78, 5) is 45.8. The summed E-state index contributed by atoms with van der Waals surface area (Å²) in [6.07, 6.45) is 8.29. The number of carbonyl (C=O) groups is 3. The van der Waals surface area contributed by atoms with Crippen LogP contribution in [0.3, 0.4) is 0 Å². The molecule has 0 aliphatic carbocycles. The third-order valence-corrected chi connectivity index (χ3v) is 10.9. The van der Waals surface area contributed by atoms with E-state index >= 15 is 0 Å². The number of rotatable bonds is 14. The maximum Gasteiger partial charge on any atom is 0.311 e. The minimum absolute atomic E-state index is 0.0791. The van der Waals surface area contributed by atoms with Crippen molar-refractivity contribution in [3.05, 3.63) is 54.1 Å². The Morgan fingerprint density at radius 3 is 2.67 bits per heavy atom. The van der Waals surface area contributed by atoms with E-state index in [4.69, 9.17) is 16.3 Å². The van der Waals surface area contributed by atoms with Gasteiger partial charge in [0.15, 0.2) is 0 Å². The molecule has 0 aromatic heterocycles. The van der Waals surface area contributed by atoms with E-state index in [0.717, 1.165) is 24.8 Å². The third kappa shape index (κ3) is 5.35. The monoisotopic (exact) mass is 588 g/mol. The highest BCUT2D eigenvalue weighted by atomic mass is 35.5. The number of aliphatic hydroxyl groups is 1. The largest absolute Gasteiger partial charge is 0.465 e. The number of para-hydroxylation sites is 1. The smallest absolute Gasteiger partial charge is 0.311 e. The van der Waals surface area contributed by atoms with Crippen molar-refractivity contribution >= 4 is 46.8 Å². The van der Waals surface area contributed by atoms with Gasteiger partial charge in [0.1, 0.15) is 6.04 Å². The fourth-order valence-electron chi connectivity index (χ4n) is 6.90. The lowest BCUT2D eigenvalue weighted by Gasteiger charge is -2.37. The predicted octanol–water partition coefficient (Wildman–Crippen LogP) is 5.32. The number of likely N-dealkylation sites (tertiary alicyclic amines) is 1. The minimum atomic E-state index is -0.750. The zero-order chi connectivity index (χ0) is 29.1. The van der Waals surface area contributed by atoms with Crippen LogP contribution in [-0.4, -0.2) is 69.6 Å². The van der Waals surface area contributed by atoms with E-state index in [2.05, 4.69) is 13.2 Å². The van der Waals surface area contributed by atoms with Crippen molar-refractivity contribution < 1.29 is 24.2 Å². The standard InChI is InChI=1S/C31H41ClN2O5S/c1-5-7-11-20-39-29(38)24-23-27(36)34(18-9-8-10-19-35)26(31(23)16-15-30(24,4)40-31)28(37)33(17-6-2)25-21(3)13-12-14-22(25)32/h5-6,12-14,23-24,26,35H,1-2,7-11,15-20H2,3-4H3/t23-,24-,26?,30+,31?/m0/s1. The molecule has 2 bridgehead atoms. The number of hydrogen-bond acceptors (Lipinski definition) is 6. The van der Waals surface area contributed by atoms with Crippen LogP contribution >= 0.6 is 23.4 Å². The summed E-state index contributed by atoms with van der Waals surface area (Å²) in [6.45, 7) is 12.5. The molecule has 0 radical (unpaired) electrons. The first-order valence-corrected chi connectivity index (χ1v) is 15.4. The van der Waals surface area contributed by atoms with Crippen molar-refractivity contribution in [2.24, 2.45) is 11.8 Å². The minimum Gasteiger partial charge on any atom is -0.465 e. The van der Waals surface area contributed by atoms with E-state index in [1.807, 2.05) is 26.0 Å². The number of anilines is 1. The third-order valence-electron chi connectivity index (χ3n) is 8.65. The van der Waals surface area contributed by atoms with Crippen LogP contribution in [0.2, 0.25) is 5.02 Å². The fraction of sp³-hybridized carbons (Fsp3) is 0.581. The Hall–Kier alpha value is -2.29. The second kappa shape index (κ2) is 12.7. The number of nitrogens with zero attached hydrogens (tertiary/aromatic N) is 2. The summed E-state index contributed by atoms with van der Waals surface area (Å²) in [6, 6.07) is 4.77. The van der Waals surface area contributed by atoms with Crippen molar-refractivity contribution in [2.45, 2.75) is 74.3 Å². The van der Waals surface area contributed by atoms with E-state index < -0.39 is 27.4 Å². The lowest BCUT2D eigenvalue weighted by Crippen LogP contribution is -2.55. The second-order valence-corrected chi connectivity index (χ2v) is 13.6. The number of aliphatic hydroxyl groups excluding tert-OH is 1. The molecule has 1 aromatic carbocycles. The molecule has 1 spiro atoms. The number of ether oxygens (including phenoxy) is 1. The number of fused-ring (bicyclic) bond motifs is 1. The van der Waals surface area contributed by atoms with Gasteiger partial charge in [-0.15, -0.1) is 24.9 Å². The van der Waals surface area contributed by atoms with Gasteiger partial charge in [0, 0.05) is 24.4 Å². The van der Waals surface area contributed by atoms with Gasteiger partial charge in [0.2, 0.25) is 5.91 Å². The van der Waals surface area contributed by atoms with Gasteiger partial charge in [0.05, 0.1) is 33.9 Å². The number of hydrogen-bond donors (Lipinski definition) is 1. The van der Waals surface area contributed by atoms with Gasteiger partial charge in [-0.1, -0.05) is 35.9 Å². The molecule has 3 fully saturated rings. The molecule has 3 saturated heterocycles. The van der Waals surface area contributed by atoms with Gasteiger partial charge in [-0.25, -0.2) is 0 Å². The average molecular weight is 589 g/mol. The van der Waals surface area contributed by atoms with Crippen LogP contribution in [-0.2, 0) is 19.1 Å². The molecular weight excluding hydrogens is 548 g/mol. The molecular formula is C31H41ClN2O5S. The molecule has 218 valence electrons. The van der Waals surface area contributed by atoms with Crippen molar-refractivity contribution in [3.63, 3.8) is 0 Å². The molecule has 3 aliphatic rings. The first kappa shape index (κ1) is 30.7. The molecule has 1 N–H and O–H groups in total. The zero-order valence-corrected chi connectivity index (χ0v) is 25.1.